The van der Waals surface area contributed by atoms with Crippen molar-refractivity contribution in [2.24, 2.45) is 5.92 Å². The SMILES string of the molecule is CCc1c(N)ncnc1N1CCC(C)C(OC)C1. The predicted octanol–water partition coefficient (Wildman–Crippen LogP) is 1.48. The number of piperidine rings is 1. The molecule has 2 atom stereocenters. The van der Waals surface area contributed by atoms with Crippen LogP contribution in [0.1, 0.15) is 25.8 Å². The van der Waals surface area contributed by atoms with Gasteiger partial charge in [0.15, 0.2) is 0 Å². The average Bonchev–Trinajstić information content (AvgIpc) is 2.39. The third-order valence-corrected chi connectivity index (χ3v) is 3.80. The second-order valence-corrected chi connectivity index (χ2v) is 4.90. The van der Waals surface area contributed by atoms with Gasteiger partial charge in [0.25, 0.3) is 0 Å². The zero-order valence-electron chi connectivity index (χ0n) is 11.4. The summed E-state index contributed by atoms with van der Waals surface area (Å²) in [5, 5.41) is 0. The van der Waals surface area contributed by atoms with Gasteiger partial charge >= 0.3 is 0 Å². The van der Waals surface area contributed by atoms with Gasteiger partial charge in [0.05, 0.1) is 6.10 Å². The molecule has 2 rings (SSSR count). The number of anilines is 2. The topological polar surface area (TPSA) is 64.3 Å². The fourth-order valence-electron chi connectivity index (χ4n) is 2.56. The first-order valence-corrected chi connectivity index (χ1v) is 6.54. The minimum atomic E-state index is 0.264. The molecule has 5 nitrogen and oxygen atoms in total. The van der Waals surface area contributed by atoms with Gasteiger partial charge in [-0.05, 0) is 18.8 Å². The van der Waals surface area contributed by atoms with Gasteiger partial charge in [0.1, 0.15) is 18.0 Å². The molecule has 100 valence electrons. The summed E-state index contributed by atoms with van der Waals surface area (Å²) in [5.74, 6) is 2.16. The van der Waals surface area contributed by atoms with E-state index in [0.29, 0.717) is 11.7 Å². The van der Waals surface area contributed by atoms with Gasteiger partial charge in [-0.25, -0.2) is 9.97 Å². The second-order valence-electron chi connectivity index (χ2n) is 4.90. The third kappa shape index (κ3) is 2.41. The van der Waals surface area contributed by atoms with Gasteiger partial charge in [0, 0.05) is 25.8 Å². The van der Waals surface area contributed by atoms with Crippen molar-refractivity contribution in [1.29, 1.82) is 0 Å². The molecule has 0 radical (unpaired) electrons. The van der Waals surface area contributed by atoms with E-state index in [2.05, 4.69) is 28.7 Å². The summed E-state index contributed by atoms with van der Waals surface area (Å²) in [7, 11) is 1.78. The Morgan fingerprint density at radius 1 is 1.50 bits per heavy atom. The number of hydrogen-bond donors (Lipinski definition) is 1. The van der Waals surface area contributed by atoms with E-state index in [9.17, 15) is 0 Å². The van der Waals surface area contributed by atoms with Crippen LogP contribution < -0.4 is 10.6 Å². The zero-order chi connectivity index (χ0) is 13.1. The fraction of sp³-hybridized carbons (Fsp3) is 0.692. The summed E-state index contributed by atoms with van der Waals surface area (Å²) in [6.45, 7) is 6.20. The van der Waals surface area contributed by atoms with Crippen LogP contribution in [0.5, 0.6) is 0 Å². The van der Waals surface area contributed by atoms with E-state index >= 15 is 0 Å². The van der Waals surface area contributed by atoms with Crippen molar-refractivity contribution in [1.82, 2.24) is 9.97 Å². The Hall–Kier alpha value is -1.36. The van der Waals surface area contributed by atoms with Crippen molar-refractivity contribution in [3.63, 3.8) is 0 Å². The van der Waals surface area contributed by atoms with Crippen molar-refractivity contribution >= 4 is 11.6 Å². The van der Waals surface area contributed by atoms with E-state index in [1.54, 1.807) is 13.4 Å². The largest absolute Gasteiger partial charge is 0.383 e. The predicted molar refractivity (Wildman–Crippen MR) is 72.6 cm³/mol. The molecule has 2 heterocycles. The van der Waals surface area contributed by atoms with Gasteiger partial charge in [-0.3, -0.25) is 0 Å². The lowest BCUT2D eigenvalue weighted by molar-refractivity contribution is 0.0496. The monoisotopic (exact) mass is 250 g/mol. The number of rotatable bonds is 3. The van der Waals surface area contributed by atoms with Gasteiger partial charge in [-0.1, -0.05) is 13.8 Å². The van der Waals surface area contributed by atoms with Gasteiger partial charge in [-0.15, -0.1) is 0 Å². The van der Waals surface area contributed by atoms with Crippen LogP contribution in [-0.2, 0) is 11.2 Å². The van der Waals surface area contributed by atoms with Crippen molar-refractivity contribution in [3.8, 4) is 0 Å². The Morgan fingerprint density at radius 2 is 2.28 bits per heavy atom. The molecular weight excluding hydrogens is 228 g/mol. The molecule has 0 amide bonds. The van der Waals surface area contributed by atoms with Crippen LogP contribution in [0.15, 0.2) is 6.33 Å². The first-order valence-electron chi connectivity index (χ1n) is 6.54. The van der Waals surface area contributed by atoms with Gasteiger partial charge in [0.2, 0.25) is 0 Å². The summed E-state index contributed by atoms with van der Waals surface area (Å²) < 4.78 is 5.54. The minimum absolute atomic E-state index is 0.264. The maximum Gasteiger partial charge on any atom is 0.137 e. The molecule has 2 N–H and O–H groups in total. The van der Waals surface area contributed by atoms with Crippen LogP contribution >= 0.6 is 0 Å². The Morgan fingerprint density at radius 3 is 2.94 bits per heavy atom. The molecule has 1 saturated heterocycles. The van der Waals surface area contributed by atoms with Crippen molar-refractivity contribution in [2.75, 3.05) is 30.8 Å². The molecule has 0 aliphatic carbocycles. The van der Waals surface area contributed by atoms with Gasteiger partial charge < -0.3 is 15.4 Å². The molecule has 0 saturated carbocycles. The summed E-state index contributed by atoms with van der Waals surface area (Å²) in [4.78, 5) is 10.7. The Balaban J connectivity index is 2.24. The van der Waals surface area contributed by atoms with Crippen molar-refractivity contribution < 1.29 is 4.74 Å². The molecule has 0 bridgehead atoms. The minimum Gasteiger partial charge on any atom is -0.383 e. The maximum atomic E-state index is 5.92. The van der Waals surface area contributed by atoms with Crippen LogP contribution in [0.3, 0.4) is 0 Å². The highest BCUT2D eigenvalue weighted by Crippen LogP contribution is 2.27. The third-order valence-electron chi connectivity index (χ3n) is 3.80. The van der Waals surface area contributed by atoms with Crippen LogP contribution in [0.25, 0.3) is 0 Å². The molecule has 0 spiro atoms. The fourth-order valence-corrected chi connectivity index (χ4v) is 2.56. The van der Waals surface area contributed by atoms with E-state index in [-0.39, 0.29) is 6.10 Å². The van der Waals surface area contributed by atoms with Crippen LogP contribution in [0, 0.1) is 5.92 Å². The van der Waals surface area contributed by atoms with Crippen molar-refractivity contribution in [2.45, 2.75) is 32.8 Å². The zero-order valence-corrected chi connectivity index (χ0v) is 11.4. The summed E-state index contributed by atoms with van der Waals surface area (Å²) in [6.07, 6.45) is 3.78. The second kappa shape index (κ2) is 5.52. The van der Waals surface area contributed by atoms with E-state index < -0.39 is 0 Å². The number of hydrogen-bond acceptors (Lipinski definition) is 5. The van der Waals surface area contributed by atoms with Crippen LogP contribution in [-0.4, -0.2) is 36.3 Å². The highest BCUT2D eigenvalue weighted by Gasteiger charge is 2.28. The van der Waals surface area contributed by atoms with Crippen LogP contribution in [0.4, 0.5) is 11.6 Å². The Kier molecular flexibility index (Phi) is 4.01. The standard InChI is InChI=1S/C13H22N4O/c1-4-10-12(14)15-8-16-13(10)17-6-5-9(2)11(7-17)18-3/h8-9,11H,4-7H2,1-3H3,(H2,14,15,16). The number of methoxy groups -OCH3 is 1. The summed E-state index contributed by atoms with van der Waals surface area (Å²) in [6, 6.07) is 0. The number of nitrogen functional groups attached to an aromatic ring is 1. The molecule has 1 aromatic rings. The van der Waals surface area contributed by atoms with E-state index in [1.807, 2.05) is 0 Å². The number of nitrogens with zero attached hydrogens (tertiary/aromatic N) is 3. The van der Waals surface area contributed by atoms with Crippen LogP contribution in [0.2, 0.25) is 0 Å². The molecular formula is C13H22N4O. The van der Waals surface area contributed by atoms with E-state index in [1.165, 1.54) is 0 Å². The van der Waals surface area contributed by atoms with E-state index in [0.717, 1.165) is 37.3 Å². The average molecular weight is 250 g/mol. The van der Waals surface area contributed by atoms with Crippen molar-refractivity contribution in [3.05, 3.63) is 11.9 Å². The Labute approximate surface area is 108 Å². The highest BCUT2D eigenvalue weighted by atomic mass is 16.5. The normalized spacial score (nSPS) is 24.3. The molecule has 18 heavy (non-hydrogen) atoms. The molecule has 5 heteroatoms. The van der Waals surface area contributed by atoms with Gasteiger partial charge in [-0.2, -0.15) is 0 Å². The Bertz CT molecular complexity index is 410. The molecule has 1 fully saturated rings. The molecule has 2 unspecified atom stereocenters. The highest BCUT2D eigenvalue weighted by molar-refractivity contribution is 5.56. The molecule has 1 aliphatic heterocycles. The maximum absolute atomic E-state index is 5.92. The quantitative estimate of drug-likeness (QED) is 0.880. The number of nitrogens with two attached hydrogens (primary N) is 1. The lowest BCUT2D eigenvalue weighted by Crippen LogP contribution is -2.44. The summed E-state index contributed by atoms with van der Waals surface area (Å²) >= 11 is 0. The first kappa shape index (κ1) is 13.1. The lowest BCUT2D eigenvalue weighted by Gasteiger charge is -2.37. The summed E-state index contributed by atoms with van der Waals surface area (Å²) in [5.41, 5.74) is 6.97. The molecule has 0 aromatic carbocycles. The smallest absolute Gasteiger partial charge is 0.137 e. The van der Waals surface area contributed by atoms with E-state index in [4.69, 9.17) is 10.5 Å². The molecule has 1 aromatic heterocycles. The number of ether oxygens (including phenoxy) is 1. The first-order chi connectivity index (χ1) is 8.67. The lowest BCUT2D eigenvalue weighted by atomic mass is 9.95. The molecule has 1 aliphatic rings. The number of aromatic nitrogens is 2.